The highest BCUT2D eigenvalue weighted by Crippen LogP contribution is 2.42. The maximum absolute atomic E-state index is 13.4. The van der Waals surface area contributed by atoms with Gasteiger partial charge in [-0.3, -0.25) is 4.90 Å². The van der Waals surface area contributed by atoms with Crippen molar-refractivity contribution in [1.82, 2.24) is 4.90 Å². The first-order valence-corrected chi connectivity index (χ1v) is 5.58. The lowest BCUT2D eigenvalue weighted by atomic mass is 9.88. The average Bonchev–Trinajstić information content (AvgIpc) is 2.24. The molecule has 1 aliphatic heterocycles. The van der Waals surface area contributed by atoms with E-state index in [-0.39, 0.29) is 4.90 Å². The molecule has 1 heterocycles. The molecule has 1 rings (SSSR count). The van der Waals surface area contributed by atoms with E-state index in [9.17, 15) is 35.1 Å². The van der Waals surface area contributed by atoms with Crippen LogP contribution < -0.4 is 0 Å². The predicted octanol–water partition coefficient (Wildman–Crippen LogP) is 3.70. The Hall–Kier alpha value is -0.600. The molecule has 0 aromatic carbocycles. The van der Waals surface area contributed by atoms with Crippen molar-refractivity contribution in [3.63, 3.8) is 0 Å². The minimum Gasteiger partial charge on any atom is -0.270 e. The van der Waals surface area contributed by atoms with Crippen LogP contribution in [0.4, 0.5) is 35.1 Å². The van der Waals surface area contributed by atoms with Crippen molar-refractivity contribution in [3.05, 3.63) is 0 Å². The van der Waals surface area contributed by atoms with Crippen molar-refractivity contribution >= 4 is 0 Å². The van der Waals surface area contributed by atoms with E-state index >= 15 is 0 Å². The van der Waals surface area contributed by atoms with Crippen LogP contribution in [0.25, 0.3) is 0 Å². The normalized spacial score (nSPS) is 30.2. The largest absolute Gasteiger partial charge is 0.393 e. The summed E-state index contributed by atoms with van der Waals surface area (Å²) in [6.45, 7) is -1.15. The molecule has 0 bridgehead atoms. The first-order valence-electron chi connectivity index (χ1n) is 5.58. The smallest absolute Gasteiger partial charge is 0.270 e. The Kier molecular flexibility index (Phi) is 4.69. The van der Waals surface area contributed by atoms with Gasteiger partial charge in [-0.25, -0.2) is 8.78 Å². The standard InChI is InChI=1S/C10H13F8N/c1-5(11)8(12)19-3-6(9(13,14)15)2-7(4-19)10(16,17)18/h5-8H,2-4H2,1H3. The zero-order chi connectivity index (χ0) is 15.0. The van der Waals surface area contributed by atoms with Crippen LogP contribution >= 0.6 is 0 Å². The van der Waals surface area contributed by atoms with Gasteiger partial charge in [0.25, 0.3) is 0 Å². The SMILES string of the molecule is CC(F)C(F)N1CC(C(F)(F)F)CC(C(F)(F)F)C1. The summed E-state index contributed by atoms with van der Waals surface area (Å²) in [5.41, 5.74) is 0. The molecule has 9 heteroatoms. The molecular formula is C10H13F8N. The first kappa shape index (κ1) is 16.5. The molecule has 1 nitrogen and oxygen atoms in total. The average molecular weight is 299 g/mol. The van der Waals surface area contributed by atoms with Gasteiger partial charge < -0.3 is 0 Å². The van der Waals surface area contributed by atoms with Gasteiger partial charge in [0.1, 0.15) is 6.17 Å². The van der Waals surface area contributed by atoms with Crippen molar-refractivity contribution in [2.75, 3.05) is 13.1 Å². The van der Waals surface area contributed by atoms with Gasteiger partial charge in [-0.1, -0.05) is 0 Å². The van der Waals surface area contributed by atoms with Crippen LogP contribution in [0.3, 0.4) is 0 Å². The fourth-order valence-corrected chi connectivity index (χ4v) is 2.10. The van der Waals surface area contributed by atoms with E-state index in [1.54, 1.807) is 0 Å². The lowest BCUT2D eigenvalue weighted by molar-refractivity contribution is -0.238. The molecule has 0 radical (unpaired) electrons. The minimum absolute atomic E-state index is 0.282. The van der Waals surface area contributed by atoms with Crippen LogP contribution in [0.5, 0.6) is 0 Å². The lowest BCUT2D eigenvalue weighted by Crippen LogP contribution is -2.53. The third-order valence-electron chi connectivity index (χ3n) is 3.13. The third kappa shape index (κ3) is 4.19. The molecule has 0 aliphatic carbocycles. The summed E-state index contributed by atoms with van der Waals surface area (Å²) in [6.07, 6.45) is -15.5. The van der Waals surface area contributed by atoms with Gasteiger partial charge in [-0.15, -0.1) is 0 Å². The van der Waals surface area contributed by atoms with Crippen LogP contribution in [0.2, 0.25) is 0 Å². The summed E-state index contributed by atoms with van der Waals surface area (Å²) in [6, 6.07) is 0. The summed E-state index contributed by atoms with van der Waals surface area (Å²) in [5.74, 6) is -4.60. The molecule has 19 heavy (non-hydrogen) atoms. The first-order chi connectivity index (χ1) is 8.43. The van der Waals surface area contributed by atoms with Crippen molar-refractivity contribution in [1.29, 1.82) is 0 Å². The van der Waals surface area contributed by atoms with Crippen molar-refractivity contribution < 1.29 is 35.1 Å². The molecule has 1 saturated heterocycles. The molecule has 0 saturated carbocycles. The Labute approximate surface area is 104 Å². The number of piperidine rings is 1. The maximum Gasteiger partial charge on any atom is 0.393 e. The van der Waals surface area contributed by atoms with E-state index in [1.165, 1.54) is 0 Å². The van der Waals surface area contributed by atoms with E-state index in [0.717, 1.165) is 6.92 Å². The van der Waals surface area contributed by atoms with Gasteiger partial charge in [0.05, 0.1) is 11.8 Å². The number of rotatable bonds is 2. The maximum atomic E-state index is 13.4. The van der Waals surface area contributed by atoms with Gasteiger partial charge in [0, 0.05) is 13.1 Å². The minimum atomic E-state index is -4.86. The van der Waals surface area contributed by atoms with Crippen molar-refractivity contribution in [3.8, 4) is 0 Å². The summed E-state index contributed by atoms with van der Waals surface area (Å²) >= 11 is 0. The van der Waals surface area contributed by atoms with Crippen LogP contribution in [0.15, 0.2) is 0 Å². The molecule has 0 aromatic rings. The zero-order valence-corrected chi connectivity index (χ0v) is 9.90. The third-order valence-corrected chi connectivity index (χ3v) is 3.13. The molecule has 1 fully saturated rings. The summed E-state index contributed by atoms with van der Waals surface area (Å²) in [4.78, 5) is 0.282. The molecule has 4 unspecified atom stereocenters. The number of hydrogen-bond donors (Lipinski definition) is 0. The number of likely N-dealkylation sites (tertiary alicyclic amines) is 1. The fourth-order valence-electron chi connectivity index (χ4n) is 2.10. The quantitative estimate of drug-likeness (QED) is 0.555. The summed E-state index contributed by atoms with van der Waals surface area (Å²) in [7, 11) is 0. The Morgan fingerprint density at radius 1 is 0.895 bits per heavy atom. The highest BCUT2D eigenvalue weighted by atomic mass is 19.4. The van der Waals surface area contributed by atoms with Crippen molar-refractivity contribution in [2.45, 2.75) is 38.2 Å². The summed E-state index contributed by atoms with van der Waals surface area (Å²) in [5, 5.41) is 0. The second kappa shape index (κ2) is 5.41. The molecule has 4 atom stereocenters. The second-order valence-corrected chi connectivity index (χ2v) is 4.72. The van der Waals surface area contributed by atoms with Gasteiger partial charge >= 0.3 is 12.4 Å². The van der Waals surface area contributed by atoms with E-state index in [2.05, 4.69) is 0 Å². The highest BCUT2D eigenvalue weighted by molar-refractivity contribution is 4.88. The van der Waals surface area contributed by atoms with Gasteiger partial charge in [-0.2, -0.15) is 26.3 Å². The van der Waals surface area contributed by atoms with Gasteiger partial charge in [-0.05, 0) is 13.3 Å². The second-order valence-electron chi connectivity index (χ2n) is 4.72. The Morgan fingerprint density at radius 3 is 1.53 bits per heavy atom. The van der Waals surface area contributed by atoms with Gasteiger partial charge in [0.15, 0.2) is 6.30 Å². The van der Waals surface area contributed by atoms with E-state index in [4.69, 9.17) is 0 Å². The van der Waals surface area contributed by atoms with E-state index in [0.29, 0.717) is 0 Å². The van der Waals surface area contributed by atoms with Crippen LogP contribution in [-0.2, 0) is 0 Å². The Bertz CT molecular complexity index is 275. The molecule has 1 aliphatic rings. The Balaban J connectivity index is 2.90. The van der Waals surface area contributed by atoms with E-state index < -0.39 is 56.2 Å². The van der Waals surface area contributed by atoms with Gasteiger partial charge in [0.2, 0.25) is 0 Å². The molecule has 114 valence electrons. The predicted molar refractivity (Wildman–Crippen MR) is 50.7 cm³/mol. The molecule has 0 N–H and O–H groups in total. The van der Waals surface area contributed by atoms with Crippen molar-refractivity contribution in [2.24, 2.45) is 11.8 Å². The number of alkyl halides is 8. The number of halogens is 8. The number of hydrogen-bond acceptors (Lipinski definition) is 1. The topological polar surface area (TPSA) is 3.24 Å². The molecular weight excluding hydrogens is 286 g/mol. The zero-order valence-electron chi connectivity index (χ0n) is 9.90. The molecule has 0 aromatic heterocycles. The van der Waals surface area contributed by atoms with E-state index in [1.807, 2.05) is 0 Å². The lowest BCUT2D eigenvalue weighted by Gasteiger charge is -2.40. The highest BCUT2D eigenvalue weighted by Gasteiger charge is 2.52. The molecule has 0 amide bonds. The fraction of sp³-hybridized carbons (Fsp3) is 1.00. The van der Waals surface area contributed by atoms with Crippen LogP contribution in [0, 0.1) is 11.8 Å². The monoisotopic (exact) mass is 299 g/mol. The number of nitrogens with zero attached hydrogens (tertiary/aromatic N) is 1. The Morgan fingerprint density at radius 2 is 1.26 bits per heavy atom. The molecule has 0 spiro atoms. The van der Waals surface area contributed by atoms with Crippen LogP contribution in [-0.4, -0.2) is 42.8 Å². The summed E-state index contributed by atoms with van der Waals surface area (Å²) < 4.78 is 101. The van der Waals surface area contributed by atoms with Crippen LogP contribution in [0.1, 0.15) is 13.3 Å².